The summed E-state index contributed by atoms with van der Waals surface area (Å²) in [4.78, 5) is 11.8. The van der Waals surface area contributed by atoms with E-state index in [1.807, 2.05) is 0 Å². The Morgan fingerprint density at radius 2 is 1.52 bits per heavy atom. The summed E-state index contributed by atoms with van der Waals surface area (Å²) in [5, 5.41) is 0. The maximum absolute atomic E-state index is 13.5. The largest absolute Gasteiger partial charge is 0.293 e. The van der Waals surface area contributed by atoms with Crippen molar-refractivity contribution in [2.45, 2.75) is 11.8 Å². The van der Waals surface area contributed by atoms with E-state index in [1.165, 1.54) is 12.1 Å². The second-order valence-electron chi connectivity index (χ2n) is 4.59. The van der Waals surface area contributed by atoms with E-state index >= 15 is 0 Å². The SMILES string of the molecule is Cc1ccc(S(=O)(=O)CC(=O)c2c(F)cccc2F)cc1. The molecule has 0 N–H and O–H groups in total. The van der Waals surface area contributed by atoms with Crippen LogP contribution in [0.3, 0.4) is 0 Å². The van der Waals surface area contributed by atoms with Crippen LogP contribution in [0.1, 0.15) is 15.9 Å². The second-order valence-corrected chi connectivity index (χ2v) is 6.58. The smallest absolute Gasteiger partial charge is 0.185 e. The fourth-order valence-corrected chi connectivity index (χ4v) is 3.04. The number of ketones is 1. The molecular weight excluding hydrogens is 298 g/mol. The molecular formula is C15H12F2O3S. The maximum Gasteiger partial charge on any atom is 0.185 e. The monoisotopic (exact) mass is 310 g/mol. The van der Waals surface area contributed by atoms with Gasteiger partial charge in [0.1, 0.15) is 17.4 Å². The molecule has 0 unspecified atom stereocenters. The molecule has 0 aliphatic rings. The van der Waals surface area contributed by atoms with Gasteiger partial charge in [-0.2, -0.15) is 0 Å². The lowest BCUT2D eigenvalue weighted by molar-refractivity contribution is 0.101. The van der Waals surface area contributed by atoms with Gasteiger partial charge >= 0.3 is 0 Å². The highest BCUT2D eigenvalue weighted by Crippen LogP contribution is 2.17. The van der Waals surface area contributed by atoms with Crippen LogP contribution in [0.4, 0.5) is 8.78 Å². The van der Waals surface area contributed by atoms with Crippen LogP contribution in [0.2, 0.25) is 0 Å². The van der Waals surface area contributed by atoms with Crippen molar-refractivity contribution in [1.82, 2.24) is 0 Å². The molecule has 21 heavy (non-hydrogen) atoms. The van der Waals surface area contributed by atoms with Crippen molar-refractivity contribution >= 4 is 15.6 Å². The zero-order valence-corrected chi connectivity index (χ0v) is 12.0. The lowest BCUT2D eigenvalue weighted by atomic mass is 10.1. The van der Waals surface area contributed by atoms with E-state index < -0.39 is 38.6 Å². The Balaban J connectivity index is 2.33. The zero-order valence-electron chi connectivity index (χ0n) is 11.1. The molecule has 6 heteroatoms. The normalized spacial score (nSPS) is 11.4. The summed E-state index contributed by atoms with van der Waals surface area (Å²) in [6.45, 7) is 1.79. The molecule has 2 rings (SSSR count). The number of aryl methyl sites for hydroxylation is 1. The van der Waals surface area contributed by atoms with Gasteiger partial charge in [0, 0.05) is 0 Å². The number of sulfone groups is 1. The third kappa shape index (κ3) is 3.33. The van der Waals surface area contributed by atoms with Gasteiger partial charge in [-0.3, -0.25) is 4.79 Å². The predicted molar refractivity (Wildman–Crippen MR) is 73.9 cm³/mol. The van der Waals surface area contributed by atoms with Crippen molar-refractivity contribution in [3.63, 3.8) is 0 Å². The van der Waals surface area contributed by atoms with Crippen molar-refractivity contribution < 1.29 is 22.0 Å². The molecule has 0 atom stereocenters. The topological polar surface area (TPSA) is 51.2 Å². The fourth-order valence-electron chi connectivity index (χ4n) is 1.84. The van der Waals surface area contributed by atoms with Crippen molar-refractivity contribution in [3.05, 3.63) is 65.2 Å². The van der Waals surface area contributed by atoms with E-state index in [4.69, 9.17) is 0 Å². The standard InChI is InChI=1S/C15H12F2O3S/c1-10-5-7-11(8-6-10)21(19,20)9-14(18)15-12(16)3-2-4-13(15)17/h2-8H,9H2,1H3. The average molecular weight is 310 g/mol. The Hall–Kier alpha value is -2.08. The van der Waals surface area contributed by atoms with Gasteiger partial charge in [0.15, 0.2) is 15.6 Å². The van der Waals surface area contributed by atoms with Crippen molar-refractivity contribution in [1.29, 1.82) is 0 Å². The van der Waals surface area contributed by atoms with Crippen LogP contribution in [0, 0.1) is 18.6 Å². The summed E-state index contributed by atoms with van der Waals surface area (Å²) < 4.78 is 51.1. The summed E-state index contributed by atoms with van der Waals surface area (Å²) >= 11 is 0. The molecule has 0 radical (unpaired) electrons. The van der Waals surface area contributed by atoms with Crippen molar-refractivity contribution in [2.24, 2.45) is 0 Å². The first kappa shape index (κ1) is 15.3. The third-order valence-corrected chi connectivity index (χ3v) is 4.58. The summed E-state index contributed by atoms with van der Waals surface area (Å²) in [6.07, 6.45) is 0. The number of carbonyl (C=O) groups is 1. The van der Waals surface area contributed by atoms with Crippen molar-refractivity contribution in [2.75, 3.05) is 5.75 Å². The summed E-state index contributed by atoms with van der Waals surface area (Å²) in [7, 11) is -3.94. The van der Waals surface area contributed by atoms with E-state index in [1.54, 1.807) is 19.1 Å². The van der Waals surface area contributed by atoms with Crippen LogP contribution in [0.5, 0.6) is 0 Å². The van der Waals surface area contributed by atoms with Crippen LogP contribution in [0.25, 0.3) is 0 Å². The molecule has 110 valence electrons. The van der Waals surface area contributed by atoms with E-state index in [0.29, 0.717) is 0 Å². The van der Waals surface area contributed by atoms with E-state index in [-0.39, 0.29) is 4.90 Å². The Morgan fingerprint density at radius 3 is 2.05 bits per heavy atom. The Morgan fingerprint density at radius 1 is 1.00 bits per heavy atom. The number of Topliss-reactive ketones (excluding diaryl/α,β-unsaturated/α-hetero) is 1. The average Bonchev–Trinajstić information content (AvgIpc) is 2.38. The zero-order chi connectivity index (χ0) is 15.6. The van der Waals surface area contributed by atoms with Gasteiger partial charge in [-0.05, 0) is 31.2 Å². The molecule has 0 aromatic heterocycles. The Bertz CT molecular complexity index is 761. The highest BCUT2D eigenvalue weighted by Gasteiger charge is 2.24. The molecule has 3 nitrogen and oxygen atoms in total. The quantitative estimate of drug-likeness (QED) is 0.816. The first-order valence-electron chi connectivity index (χ1n) is 6.08. The van der Waals surface area contributed by atoms with Crippen LogP contribution >= 0.6 is 0 Å². The number of benzene rings is 2. The molecule has 0 heterocycles. The van der Waals surface area contributed by atoms with Gasteiger partial charge in [0.2, 0.25) is 0 Å². The molecule has 0 spiro atoms. The number of rotatable bonds is 4. The number of hydrogen-bond donors (Lipinski definition) is 0. The minimum atomic E-state index is -3.94. The van der Waals surface area contributed by atoms with Gasteiger partial charge in [-0.1, -0.05) is 23.8 Å². The molecule has 0 fully saturated rings. The van der Waals surface area contributed by atoms with Gasteiger partial charge in [-0.25, -0.2) is 17.2 Å². The predicted octanol–water partition coefficient (Wildman–Crippen LogP) is 2.93. The van der Waals surface area contributed by atoms with E-state index in [2.05, 4.69) is 0 Å². The molecule has 0 saturated heterocycles. The summed E-state index contributed by atoms with van der Waals surface area (Å²) in [6, 6.07) is 8.81. The van der Waals surface area contributed by atoms with Gasteiger partial charge in [0.25, 0.3) is 0 Å². The molecule has 2 aromatic rings. The molecule has 0 aliphatic heterocycles. The Kier molecular flexibility index (Phi) is 4.18. The summed E-state index contributed by atoms with van der Waals surface area (Å²) in [5.74, 6) is -4.22. The van der Waals surface area contributed by atoms with Gasteiger partial charge in [-0.15, -0.1) is 0 Å². The van der Waals surface area contributed by atoms with Crippen LogP contribution in [0.15, 0.2) is 47.4 Å². The highest BCUT2D eigenvalue weighted by molar-refractivity contribution is 7.92. The van der Waals surface area contributed by atoms with E-state index in [0.717, 1.165) is 23.8 Å². The lowest BCUT2D eigenvalue weighted by Crippen LogP contribution is -2.18. The minimum Gasteiger partial charge on any atom is -0.293 e. The van der Waals surface area contributed by atoms with E-state index in [9.17, 15) is 22.0 Å². The highest BCUT2D eigenvalue weighted by atomic mass is 32.2. The molecule has 0 saturated carbocycles. The van der Waals surface area contributed by atoms with Crippen molar-refractivity contribution in [3.8, 4) is 0 Å². The second kappa shape index (κ2) is 5.73. The van der Waals surface area contributed by atoms with Gasteiger partial charge < -0.3 is 0 Å². The lowest BCUT2D eigenvalue weighted by Gasteiger charge is -2.06. The van der Waals surface area contributed by atoms with Crippen LogP contribution < -0.4 is 0 Å². The Labute approximate surface area is 121 Å². The first-order chi connectivity index (χ1) is 9.81. The van der Waals surface area contributed by atoms with Crippen LogP contribution in [-0.2, 0) is 9.84 Å². The van der Waals surface area contributed by atoms with Gasteiger partial charge in [0.05, 0.1) is 10.5 Å². The molecule has 0 aliphatic carbocycles. The van der Waals surface area contributed by atoms with Crippen LogP contribution in [-0.4, -0.2) is 20.0 Å². The minimum absolute atomic E-state index is 0.0572. The molecule has 0 amide bonds. The summed E-state index contributed by atoms with van der Waals surface area (Å²) in [5.41, 5.74) is 0.0358. The number of halogens is 2. The maximum atomic E-state index is 13.5. The first-order valence-corrected chi connectivity index (χ1v) is 7.73. The fraction of sp³-hybridized carbons (Fsp3) is 0.133. The number of carbonyl (C=O) groups excluding carboxylic acids is 1. The molecule has 2 aromatic carbocycles. The molecule has 0 bridgehead atoms. The third-order valence-electron chi connectivity index (χ3n) is 2.94. The number of hydrogen-bond acceptors (Lipinski definition) is 3.